The Balaban J connectivity index is 1.49. The van der Waals surface area contributed by atoms with Crippen molar-refractivity contribution in [3.63, 3.8) is 0 Å². The first kappa shape index (κ1) is 25.0. The van der Waals surface area contributed by atoms with Crippen LogP contribution in [0.25, 0.3) is 0 Å². The predicted molar refractivity (Wildman–Crippen MR) is 122 cm³/mol. The number of carbonyl (C=O) groups is 2. The van der Waals surface area contributed by atoms with Gasteiger partial charge in [0.25, 0.3) is 0 Å². The van der Waals surface area contributed by atoms with Gasteiger partial charge in [0.2, 0.25) is 5.91 Å². The minimum absolute atomic E-state index is 0.0252. The van der Waals surface area contributed by atoms with Gasteiger partial charge in [0.1, 0.15) is 5.75 Å². The highest BCUT2D eigenvalue weighted by molar-refractivity contribution is 7.13. The van der Waals surface area contributed by atoms with E-state index in [0.29, 0.717) is 34.4 Å². The maximum Gasteiger partial charge on any atom is 0.573 e. The van der Waals surface area contributed by atoms with E-state index in [1.54, 1.807) is 29.6 Å². The number of anilines is 3. The number of esters is 1. The molecule has 0 aliphatic rings. The quantitative estimate of drug-likeness (QED) is 0.269. The highest BCUT2D eigenvalue weighted by Crippen LogP contribution is 2.26. The molecule has 0 bridgehead atoms. The van der Waals surface area contributed by atoms with Crippen LogP contribution in [0, 0.1) is 0 Å². The summed E-state index contributed by atoms with van der Waals surface area (Å²) in [4.78, 5) is 28.6. The van der Waals surface area contributed by atoms with Crippen LogP contribution in [0.2, 0.25) is 0 Å². The Labute approximate surface area is 197 Å². The Morgan fingerprint density at radius 1 is 1.03 bits per heavy atom. The molecule has 1 aromatic heterocycles. The van der Waals surface area contributed by atoms with Gasteiger partial charge in [-0.25, -0.2) is 9.78 Å². The van der Waals surface area contributed by atoms with Crippen molar-refractivity contribution < 1.29 is 32.2 Å². The minimum Gasteiger partial charge on any atom is -0.462 e. The number of nitrogens with zero attached hydrogens (tertiary/aromatic N) is 1. The van der Waals surface area contributed by atoms with Gasteiger partial charge in [-0.05, 0) is 55.0 Å². The Bertz CT molecular complexity index is 1100. The van der Waals surface area contributed by atoms with Gasteiger partial charge in [-0.15, -0.1) is 24.5 Å². The Hall–Kier alpha value is -3.60. The number of rotatable bonds is 10. The molecular formula is C23H22F3N3O4S. The largest absolute Gasteiger partial charge is 0.573 e. The normalized spacial score (nSPS) is 11.1. The zero-order valence-corrected chi connectivity index (χ0v) is 19.0. The number of unbranched alkanes of at least 4 members (excludes halogenated alkanes) is 1. The number of hydrogen-bond acceptors (Lipinski definition) is 7. The molecule has 180 valence electrons. The Morgan fingerprint density at radius 2 is 1.71 bits per heavy atom. The molecule has 1 amide bonds. The molecule has 7 nitrogen and oxygen atoms in total. The maximum absolute atomic E-state index is 12.3. The SMILES string of the molecule is CCCCOC(=O)c1ccc(NC(=O)Cc2csc(Nc3ccc(OC(F)(F)F)cc3)n2)cc1. The van der Waals surface area contributed by atoms with Crippen molar-refractivity contribution in [3.05, 3.63) is 65.2 Å². The summed E-state index contributed by atoms with van der Waals surface area (Å²) in [5.74, 6) is -1.02. The monoisotopic (exact) mass is 493 g/mol. The van der Waals surface area contributed by atoms with E-state index in [1.165, 1.54) is 35.6 Å². The fourth-order valence-corrected chi connectivity index (χ4v) is 3.49. The van der Waals surface area contributed by atoms with E-state index in [4.69, 9.17) is 4.74 Å². The van der Waals surface area contributed by atoms with Crippen molar-refractivity contribution in [2.75, 3.05) is 17.2 Å². The van der Waals surface area contributed by atoms with Crippen LogP contribution in [0.3, 0.4) is 0 Å². The van der Waals surface area contributed by atoms with Crippen molar-refractivity contribution in [1.29, 1.82) is 0 Å². The van der Waals surface area contributed by atoms with Gasteiger partial charge in [-0.3, -0.25) is 4.79 Å². The molecule has 34 heavy (non-hydrogen) atoms. The fourth-order valence-electron chi connectivity index (χ4n) is 2.76. The molecule has 3 rings (SSSR count). The second kappa shape index (κ2) is 11.5. The molecule has 3 aromatic rings. The third-order valence-corrected chi connectivity index (χ3v) is 5.17. The summed E-state index contributed by atoms with van der Waals surface area (Å²) in [6.07, 6.45) is -2.99. The fraction of sp³-hybridized carbons (Fsp3) is 0.261. The van der Waals surface area contributed by atoms with E-state index in [2.05, 4.69) is 20.4 Å². The van der Waals surface area contributed by atoms with Gasteiger partial charge < -0.3 is 20.1 Å². The third kappa shape index (κ3) is 8.07. The van der Waals surface area contributed by atoms with E-state index in [1.807, 2.05) is 6.92 Å². The van der Waals surface area contributed by atoms with Gasteiger partial charge in [0, 0.05) is 16.8 Å². The number of alkyl halides is 3. The number of aromatic nitrogens is 1. The van der Waals surface area contributed by atoms with Crippen LogP contribution in [0.4, 0.5) is 29.7 Å². The van der Waals surface area contributed by atoms with Crippen molar-refractivity contribution >= 4 is 39.7 Å². The van der Waals surface area contributed by atoms with E-state index in [-0.39, 0.29) is 18.1 Å². The van der Waals surface area contributed by atoms with Crippen molar-refractivity contribution in [1.82, 2.24) is 4.98 Å². The van der Waals surface area contributed by atoms with Crippen LogP contribution >= 0.6 is 11.3 Å². The molecular weight excluding hydrogens is 471 g/mol. The molecule has 0 aliphatic heterocycles. The number of amides is 1. The second-order valence-corrected chi connectivity index (χ2v) is 7.99. The minimum atomic E-state index is -4.75. The number of ether oxygens (including phenoxy) is 2. The molecule has 0 unspecified atom stereocenters. The van der Waals surface area contributed by atoms with Crippen molar-refractivity contribution in [2.45, 2.75) is 32.5 Å². The zero-order chi connectivity index (χ0) is 24.6. The summed E-state index contributed by atoms with van der Waals surface area (Å²) in [5.41, 5.74) is 1.98. The van der Waals surface area contributed by atoms with Crippen LogP contribution in [-0.2, 0) is 16.0 Å². The van der Waals surface area contributed by atoms with E-state index < -0.39 is 12.3 Å². The lowest BCUT2D eigenvalue weighted by atomic mass is 10.2. The van der Waals surface area contributed by atoms with Crippen LogP contribution in [0.5, 0.6) is 5.75 Å². The summed E-state index contributed by atoms with van der Waals surface area (Å²) in [6.45, 7) is 2.38. The first-order chi connectivity index (χ1) is 16.2. The Morgan fingerprint density at radius 3 is 2.35 bits per heavy atom. The number of nitrogens with one attached hydrogen (secondary N) is 2. The molecule has 0 fully saturated rings. The predicted octanol–water partition coefficient (Wildman–Crippen LogP) is 5.92. The first-order valence-corrected chi connectivity index (χ1v) is 11.2. The highest BCUT2D eigenvalue weighted by atomic mass is 32.1. The number of halogens is 3. The molecule has 2 aromatic carbocycles. The smallest absolute Gasteiger partial charge is 0.462 e. The van der Waals surface area contributed by atoms with E-state index in [0.717, 1.165) is 12.8 Å². The van der Waals surface area contributed by atoms with Crippen LogP contribution in [0.15, 0.2) is 53.9 Å². The molecule has 0 saturated heterocycles. The summed E-state index contributed by atoms with van der Waals surface area (Å²) < 4.78 is 45.7. The first-order valence-electron chi connectivity index (χ1n) is 10.4. The summed E-state index contributed by atoms with van der Waals surface area (Å²) in [5, 5.41) is 7.90. The molecule has 0 saturated carbocycles. The molecule has 0 aliphatic carbocycles. The van der Waals surface area contributed by atoms with E-state index >= 15 is 0 Å². The van der Waals surface area contributed by atoms with Crippen molar-refractivity contribution in [3.8, 4) is 5.75 Å². The van der Waals surface area contributed by atoms with Crippen LogP contribution in [0.1, 0.15) is 35.8 Å². The van der Waals surface area contributed by atoms with Gasteiger partial charge >= 0.3 is 12.3 Å². The van der Waals surface area contributed by atoms with Gasteiger partial charge in [-0.1, -0.05) is 13.3 Å². The van der Waals surface area contributed by atoms with Crippen molar-refractivity contribution in [2.24, 2.45) is 0 Å². The molecule has 1 heterocycles. The third-order valence-electron chi connectivity index (χ3n) is 4.37. The molecule has 0 radical (unpaired) electrons. The zero-order valence-electron chi connectivity index (χ0n) is 18.1. The summed E-state index contributed by atoms with van der Waals surface area (Å²) >= 11 is 1.26. The summed E-state index contributed by atoms with van der Waals surface area (Å²) in [7, 11) is 0. The molecule has 11 heteroatoms. The number of benzene rings is 2. The lowest BCUT2D eigenvalue weighted by Gasteiger charge is -2.09. The van der Waals surface area contributed by atoms with Gasteiger partial charge in [0.15, 0.2) is 5.13 Å². The molecule has 0 spiro atoms. The lowest BCUT2D eigenvalue weighted by Crippen LogP contribution is -2.16. The van der Waals surface area contributed by atoms with E-state index in [9.17, 15) is 22.8 Å². The standard InChI is InChI=1S/C23H22F3N3O4S/c1-2-3-12-32-21(31)15-4-6-16(7-5-15)27-20(30)13-18-14-34-22(29-18)28-17-8-10-19(11-9-17)33-23(24,25)26/h4-11,14H,2-3,12-13H2,1H3,(H,27,30)(H,28,29). The number of thiazole rings is 1. The average Bonchev–Trinajstić information content (AvgIpc) is 3.21. The number of carbonyl (C=O) groups excluding carboxylic acids is 2. The van der Waals surface area contributed by atoms with Crippen LogP contribution in [-0.4, -0.2) is 29.8 Å². The highest BCUT2D eigenvalue weighted by Gasteiger charge is 2.30. The second-order valence-electron chi connectivity index (χ2n) is 7.13. The number of hydrogen-bond donors (Lipinski definition) is 2. The van der Waals surface area contributed by atoms with Crippen LogP contribution < -0.4 is 15.4 Å². The van der Waals surface area contributed by atoms with Gasteiger partial charge in [-0.2, -0.15) is 0 Å². The Kier molecular flexibility index (Phi) is 8.47. The molecule has 2 N–H and O–H groups in total. The van der Waals surface area contributed by atoms with Gasteiger partial charge in [0.05, 0.1) is 24.3 Å². The average molecular weight is 494 g/mol. The summed E-state index contributed by atoms with van der Waals surface area (Å²) in [6, 6.07) is 11.6. The lowest BCUT2D eigenvalue weighted by molar-refractivity contribution is -0.274. The topological polar surface area (TPSA) is 89.5 Å². The maximum atomic E-state index is 12.3. The molecule has 0 atom stereocenters.